The Bertz CT molecular complexity index is 1350. The molecule has 0 radical (unpaired) electrons. The van der Waals surface area contributed by atoms with Crippen molar-refractivity contribution in [3.8, 4) is 6.07 Å². The SMILES string of the molecule is CN1CCN(c2cccc3cc(Nc4ncc5c(n4)N(C4CCCC4)C(O)C(C#N)=C5)ccc23)CC1. The lowest BCUT2D eigenvalue weighted by atomic mass is 10.0. The number of hydrogen-bond acceptors (Lipinski definition) is 8. The van der Waals surface area contributed by atoms with Crippen molar-refractivity contribution in [3.05, 3.63) is 53.7 Å². The van der Waals surface area contributed by atoms with Gasteiger partial charge in [-0.15, -0.1) is 0 Å². The number of anilines is 4. The first kappa shape index (κ1) is 22.8. The van der Waals surface area contributed by atoms with Crippen LogP contribution in [-0.4, -0.2) is 65.5 Å². The van der Waals surface area contributed by atoms with Crippen molar-refractivity contribution in [2.75, 3.05) is 48.3 Å². The van der Waals surface area contributed by atoms with Crippen molar-refractivity contribution < 1.29 is 5.11 Å². The summed E-state index contributed by atoms with van der Waals surface area (Å²) in [4.78, 5) is 16.1. The zero-order valence-corrected chi connectivity index (χ0v) is 20.6. The van der Waals surface area contributed by atoms with Crippen molar-refractivity contribution in [1.82, 2.24) is 14.9 Å². The fourth-order valence-corrected chi connectivity index (χ4v) is 5.70. The Kier molecular flexibility index (Phi) is 5.96. The molecule has 1 saturated heterocycles. The summed E-state index contributed by atoms with van der Waals surface area (Å²) < 4.78 is 0. The third-order valence-electron chi connectivity index (χ3n) is 7.70. The molecule has 3 aromatic rings. The van der Waals surface area contributed by atoms with E-state index in [1.807, 2.05) is 4.90 Å². The molecule has 1 aromatic heterocycles. The summed E-state index contributed by atoms with van der Waals surface area (Å²) in [7, 11) is 2.17. The second-order valence-corrected chi connectivity index (χ2v) is 10.0. The molecule has 3 heterocycles. The number of benzene rings is 2. The monoisotopic (exact) mass is 481 g/mol. The highest BCUT2D eigenvalue weighted by atomic mass is 16.3. The molecule has 2 aromatic carbocycles. The third-order valence-corrected chi connectivity index (χ3v) is 7.70. The summed E-state index contributed by atoms with van der Waals surface area (Å²) >= 11 is 0. The maximum atomic E-state index is 10.9. The lowest BCUT2D eigenvalue weighted by molar-refractivity contribution is 0.194. The number of piperazine rings is 1. The van der Waals surface area contributed by atoms with Gasteiger partial charge in [0.25, 0.3) is 0 Å². The van der Waals surface area contributed by atoms with Gasteiger partial charge in [-0.1, -0.05) is 31.0 Å². The number of nitrogens with one attached hydrogen (secondary N) is 1. The predicted octanol–water partition coefficient (Wildman–Crippen LogP) is 4.11. The first-order chi connectivity index (χ1) is 17.6. The minimum absolute atomic E-state index is 0.173. The smallest absolute Gasteiger partial charge is 0.229 e. The summed E-state index contributed by atoms with van der Waals surface area (Å²) in [6, 6.07) is 15.2. The maximum absolute atomic E-state index is 10.9. The van der Waals surface area contributed by atoms with E-state index < -0.39 is 6.23 Å². The molecule has 0 bridgehead atoms. The third kappa shape index (κ3) is 4.15. The van der Waals surface area contributed by atoms with Crippen molar-refractivity contribution >= 4 is 40.0 Å². The van der Waals surface area contributed by atoms with Crippen LogP contribution in [0.4, 0.5) is 23.1 Å². The zero-order valence-electron chi connectivity index (χ0n) is 20.6. The number of rotatable bonds is 4. The normalized spacial score (nSPS) is 20.8. The van der Waals surface area contributed by atoms with Gasteiger partial charge in [-0.25, -0.2) is 4.98 Å². The molecular weight excluding hydrogens is 450 g/mol. The highest BCUT2D eigenvalue weighted by Gasteiger charge is 2.35. The Labute approximate surface area is 211 Å². The maximum Gasteiger partial charge on any atom is 0.229 e. The van der Waals surface area contributed by atoms with E-state index in [0.717, 1.165) is 63.1 Å². The quantitative estimate of drug-likeness (QED) is 0.575. The number of fused-ring (bicyclic) bond motifs is 2. The summed E-state index contributed by atoms with van der Waals surface area (Å²) in [6.07, 6.45) is 6.69. The summed E-state index contributed by atoms with van der Waals surface area (Å²) in [5, 5.41) is 26.2. The topological polar surface area (TPSA) is 91.6 Å². The predicted molar refractivity (Wildman–Crippen MR) is 143 cm³/mol. The molecule has 1 unspecified atom stereocenters. The van der Waals surface area contributed by atoms with Gasteiger partial charge in [0.2, 0.25) is 5.95 Å². The van der Waals surface area contributed by atoms with E-state index >= 15 is 0 Å². The summed E-state index contributed by atoms with van der Waals surface area (Å²) in [5.74, 6) is 1.16. The Morgan fingerprint density at radius 3 is 2.67 bits per heavy atom. The van der Waals surface area contributed by atoms with Crippen LogP contribution in [0.25, 0.3) is 16.8 Å². The van der Waals surface area contributed by atoms with Crippen LogP contribution in [0.3, 0.4) is 0 Å². The van der Waals surface area contributed by atoms with Crippen molar-refractivity contribution in [3.63, 3.8) is 0 Å². The molecule has 184 valence electrons. The molecule has 0 amide bonds. The number of hydrogen-bond donors (Lipinski definition) is 2. The Morgan fingerprint density at radius 1 is 1.08 bits per heavy atom. The molecule has 1 saturated carbocycles. The lowest BCUT2D eigenvalue weighted by Gasteiger charge is -2.37. The largest absolute Gasteiger partial charge is 0.369 e. The molecular formula is C28H31N7O. The van der Waals surface area contributed by atoms with Crippen LogP contribution in [0.5, 0.6) is 0 Å². The highest BCUT2D eigenvalue weighted by molar-refractivity contribution is 5.96. The van der Waals surface area contributed by atoms with E-state index in [2.05, 4.69) is 69.6 Å². The summed E-state index contributed by atoms with van der Waals surface area (Å²) in [6.45, 7) is 4.21. The molecule has 1 atom stereocenters. The average Bonchev–Trinajstić information content (AvgIpc) is 3.43. The van der Waals surface area contributed by atoms with Gasteiger partial charge in [-0.3, -0.25) is 0 Å². The van der Waals surface area contributed by atoms with Gasteiger partial charge in [0.05, 0.1) is 11.6 Å². The Balaban J connectivity index is 1.30. The number of aromatic nitrogens is 2. The van der Waals surface area contributed by atoms with Crippen LogP contribution < -0.4 is 15.1 Å². The first-order valence-corrected chi connectivity index (χ1v) is 12.8. The minimum atomic E-state index is -0.970. The van der Waals surface area contributed by atoms with E-state index in [1.165, 1.54) is 16.5 Å². The molecule has 0 spiro atoms. The van der Waals surface area contributed by atoms with E-state index in [4.69, 9.17) is 4.98 Å². The molecule has 1 aliphatic carbocycles. The molecule has 3 aliphatic rings. The molecule has 36 heavy (non-hydrogen) atoms. The van der Waals surface area contributed by atoms with Gasteiger partial charge in [0.1, 0.15) is 5.82 Å². The van der Waals surface area contributed by atoms with Crippen LogP contribution in [-0.2, 0) is 0 Å². The molecule has 8 heteroatoms. The van der Waals surface area contributed by atoms with Gasteiger partial charge in [-0.2, -0.15) is 10.2 Å². The van der Waals surface area contributed by atoms with Crippen LogP contribution in [0, 0.1) is 11.3 Å². The molecule has 2 N–H and O–H groups in total. The average molecular weight is 482 g/mol. The fourth-order valence-electron chi connectivity index (χ4n) is 5.70. The molecule has 2 fully saturated rings. The van der Waals surface area contributed by atoms with E-state index in [1.54, 1.807) is 12.3 Å². The van der Waals surface area contributed by atoms with E-state index in [9.17, 15) is 10.4 Å². The molecule has 2 aliphatic heterocycles. The van der Waals surface area contributed by atoms with Gasteiger partial charge in [-0.05, 0) is 49.6 Å². The minimum Gasteiger partial charge on any atom is -0.369 e. The van der Waals surface area contributed by atoms with E-state index in [0.29, 0.717) is 17.3 Å². The highest BCUT2D eigenvalue weighted by Crippen LogP contribution is 2.37. The molecule has 8 nitrogen and oxygen atoms in total. The van der Waals surface area contributed by atoms with Gasteiger partial charge < -0.3 is 25.1 Å². The van der Waals surface area contributed by atoms with Crippen LogP contribution in [0.15, 0.2) is 48.2 Å². The van der Waals surface area contributed by atoms with Gasteiger partial charge in [0, 0.05) is 60.7 Å². The number of likely N-dealkylation sites (N-methyl/N-ethyl adjacent to an activating group) is 1. The van der Waals surface area contributed by atoms with Crippen molar-refractivity contribution in [2.45, 2.75) is 38.0 Å². The number of nitriles is 1. The Morgan fingerprint density at radius 2 is 1.89 bits per heavy atom. The lowest BCUT2D eigenvalue weighted by Crippen LogP contribution is -2.45. The van der Waals surface area contributed by atoms with Crippen LogP contribution in [0.1, 0.15) is 31.2 Å². The number of nitrogens with zero attached hydrogens (tertiary/aromatic N) is 6. The van der Waals surface area contributed by atoms with Crippen LogP contribution >= 0.6 is 0 Å². The second kappa shape index (κ2) is 9.41. The first-order valence-electron chi connectivity index (χ1n) is 12.8. The fraction of sp³-hybridized carbons (Fsp3) is 0.393. The summed E-state index contributed by atoms with van der Waals surface area (Å²) in [5.41, 5.74) is 3.29. The van der Waals surface area contributed by atoms with E-state index in [-0.39, 0.29) is 6.04 Å². The number of aliphatic hydroxyl groups excluding tert-OH is 1. The standard InChI is InChI=1S/C28H31N7O/c1-33-11-13-34(14-12-33)25-8-4-5-19-16-22(9-10-24(19)25)31-28-30-18-21-15-20(17-29)27(36)35(26(21)32-28)23-6-2-3-7-23/h4-5,8-10,15-16,18,23,27,36H,2-3,6-7,11-14H2,1H3,(H,30,31,32). The number of aliphatic hydroxyl groups is 1. The molecule has 6 rings (SSSR count). The van der Waals surface area contributed by atoms with Gasteiger partial charge >= 0.3 is 0 Å². The zero-order chi connectivity index (χ0) is 24.6. The second-order valence-electron chi connectivity index (χ2n) is 10.0. The Hall–Kier alpha value is -3.67. The van der Waals surface area contributed by atoms with Crippen LogP contribution in [0.2, 0.25) is 0 Å². The van der Waals surface area contributed by atoms with Crippen molar-refractivity contribution in [2.24, 2.45) is 0 Å². The van der Waals surface area contributed by atoms with Gasteiger partial charge in [0.15, 0.2) is 6.23 Å². The van der Waals surface area contributed by atoms with Crippen molar-refractivity contribution in [1.29, 1.82) is 5.26 Å².